The van der Waals surface area contributed by atoms with Crippen LogP contribution in [0.25, 0.3) is 11.3 Å². The van der Waals surface area contributed by atoms with Crippen molar-refractivity contribution in [2.24, 2.45) is 5.73 Å². The van der Waals surface area contributed by atoms with Crippen molar-refractivity contribution in [2.75, 3.05) is 6.54 Å². The summed E-state index contributed by atoms with van der Waals surface area (Å²) >= 11 is 0. The molecule has 1 aromatic carbocycles. The summed E-state index contributed by atoms with van der Waals surface area (Å²) in [5, 5.41) is 16.7. The summed E-state index contributed by atoms with van der Waals surface area (Å²) in [5.74, 6) is 0. The Morgan fingerprint density at radius 3 is 2.75 bits per heavy atom. The van der Waals surface area contributed by atoms with E-state index in [-0.39, 0.29) is 0 Å². The molecule has 0 aliphatic carbocycles. The van der Waals surface area contributed by atoms with E-state index in [2.05, 4.69) is 10.2 Å². The van der Waals surface area contributed by atoms with E-state index in [1.165, 1.54) is 0 Å². The first-order chi connectivity index (χ1) is 7.81. The zero-order chi connectivity index (χ0) is 11.4. The molecule has 1 heterocycles. The van der Waals surface area contributed by atoms with Crippen molar-refractivity contribution >= 4 is 0 Å². The van der Waals surface area contributed by atoms with Crippen molar-refractivity contribution < 1.29 is 5.11 Å². The standard InChI is InChI=1S/C12H15N3O/c13-7-6-12(16)11-8-10(14-15-11)9-4-2-1-3-5-9/h1-5,8,12,16H,6-7,13H2,(H,14,15). The fourth-order valence-corrected chi connectivity index (χ4v) is 1.58. The van der Waals surface area contributed by atoms with Crippen LogP contribution in [0.1, 0.15) is 18.2 Å². The summed E-state index contributed by atoms with van der Waals surface area (Å²) in [6, 6.07) is 11.7. The molecule has 1 atom stereocenters. The second kappa shape index (κ2) is 4.92. The van der Waals surface area contributed by atoms with Crippen LogP contribution >= 0.6 is 0 Å². The number of aromatic nitrogens is 2. The Balaban J connectivity index is 2.20. The van der Waals surface area contributed by atoms with Gasteiger partial charge in [0.2, 0.25) is 0 Å². The molecular formula is C12H15N3O. The highest BCUT2D eigenvalue weighted by Gasteiger charge is 2.10. The van der Waals surface area contributed by atoms with Crippen LogP contribution in [-0.2, 0) is 0 Å². The number of hydrogen-bond acceptors (Lipinski definition) is 3. The molecule has 0 fully saturated rings. The van der Waals surface area contributed by atoms with E-state index in [1.807, 2.05) is 36.4 Å². The van der Waals surface area contributed by atoms with Crippen LogP contribution in [0.4, 0.5) is 0 Å². The molecule has 4 N–H and O–H groups in total. The third kappa shape index (κ3) is 2.29. The highest BCUT2D eigenvalue weighted by molar-refractivity contribution is 5.58. The average molecular weight is 217 g/mol. The predicted molar refractivity (Wildman–Crippen MR) is 62.7 cm³/mol. The Morgan fingerprint density at radius 1 is 1.31 bits per heavy atom. The maximum atomic E-state index is 9.73. The van der Waals surface area contributed by atoms with Crippen LogP contribution in [0.3, 0.4) is 0 Å². The number of aliphatic hydroxyl groups is 1. The Bertz CT molecular complexity index is 439. The maximum absolute atomic E-state index is 9.73. The number of rotatable bonds is 4. The lowest BCUT2D eigenvalue weighted by Crippen LogP contribution is -2.06. The van der Waals surface area contributed by atoms with Gasteiger partial charge in [0.1, 0.15) is 0 Å². The van der Waals surface area contributed by atoms with Gasteiger partial charge < -0.3 is 10.8 Å². The number of aliphatic hydroxyl groups excluding tert-OH is 1. The zero-order valence-electron chi connectivity index (χ0n) is 8.93. The van der Waals surface area contributed by atoms with Gasteiger partial charge in [-0.15, -0.1) is 0 Å². The van der Waals surface area contributed by atoms with Crippen molar-refractivity contribution in [3.05, 3.63) is 42.1 Å². The molecule has 0 saturated carbocycles. The van der Waals surface area contributed by atoms with Crippen molar-refractivity contribution in [1.82, 2.24) is 10.2 Å². The lowest BCUT2D eigenvalue weighted by atomic mass is 10.1. The highest BCUT2D eigenvalue weighted by Crippen LogP contribution is 2.21. The molecule has 0 bridgehead atoms. The van der Waals surface area contributed by atoms with Gasteiger partial charge >= 0.3 is 0 Å². The van der Waals surface area contributed by atoms with Gasteiger partial charge in [0.25, 0.3) is 0 Å². The van der Waals surface area contributed by atoms with E-state index in [0.717, 1.165) is 11.3 Å². The van der Waals surface area contributed by atoms with Crippen LogP contribution in [-0.4, -0.2) is 21.8 Å². The number of H-pyrrole nitrogens is 1. The van der Waals surface area contributed by atoms with Gasteiger partial charge in [-0.3, -0.25) is 5.10 Å². The summed E-state index contributed by atoms with van der Waals surface area (Å²) in [6.45, 7) is 0.459. The minimum absolute atomic E-state index is 0.459. The monoisotopic (exact) mass is 217 g/mol. The van der Waals surface area contributed by atoms with Gasteiger partial charge in [-0.1, -0.05) is 30.3 Å². The summed E-state index contributed by atoms with van der Waals surface area (Å²) in [5.41, 5.74) is 7.97. The van der Waals surface area contributed by atoms with Gasteiger partial charge in [-0.2, -0.15) is 5.10 Å². The summed E-state index contributed by atoms with van der Waals surface area (Å²) in [4.78, 5) is 0. The molecule has 16 heavy (non-hydrogen) atoms. The fraction of sp³-hybridized carbons (Fsp3) is 0.250. The smallest absolute Gasteiger partial charge is 0.0966 e. The Labute approximate surface area is 94.1 Å². The number of benzene rings is 1. The fourth-order valence-electron chi connectivity index (χ4n) is 1.58. The molecule has 2 rings (SSSR count). The summed E-state index contributed by atoms with van der Waals surface area (Å²) in [6.07, 6.45) is -0.0221. The Kier molecular flexibility index (Phi) is 3.34. The minimum atomic E-state index is -0.560. The lowest BCUT2D eigenvalue weighted by molar-refractivity contribution is 0.165. The molecule has 4 heteroatoms. The first kappa shape index (κ1) is 10.9. The number of nitrogens with zero attached hydrogens (tertiary/aromatic N) is 1. The zero-order valence-corrected chi connectivity index (χ0v) is 8.93. The molecule has 0 aliphatic heterocycles. The molecule has 4 nitrogen and oxygen atoms in total. The first-order valence-corrected chi connectivity index (χ1v) is 5.30. The van der Waals surface area contributed by atoms with Crippen LogP contribution in [0.15, 0.2) is 36.4 Å². The van der Waals surface area contributed by atoms with Gasteiger partial charge in [-0.05, 0) is 19.0 Å². The van der Waals surface area contributed by atoms with Gasteiger partial charge in [0, 0.05) is 5.56 Å². The topological polar surface area (TPSA) is 74.9 Å². The quantitative estimate of drug-likeness (QED) is 0.725. The molecule has 0 aliphatic rings. The molecule has 2 aromatic rings. The van der Waals surface area contributed by atoms with E-state index in [0.29, 0.717) is 18.7 Å². The molecular weight excluding hydrogens is 202 g/mol. The predicted octanol–water partition coefficient (Wildman–Crippen LogP) is 1.46. The molecule has 1 aromatic heterocycles. The van der Waals surface area contributed by atoms with Crippen LogP contribution < -0.4 is 5.73 Å². The van der Waals surface area contributed by atoms with Crippen molar-refractivity contribution in [1.29, 1.82) is 0 Å². The lowest BCUT2D eigenvalue weighted by Gasteiger charge is -2.04. The molecule has 1 unspecified atom stereocenters. The normalized spacial score (nSPS) is 12.6. The molecule has 0 saturated heterocycles. The van der Waals surface area contributed by atoms with Gasteiger partial charge in [0.05, 0.1) is 17.5 Å². The highest BCUT2D eigenvalue weighted by atomic mass is 16.3. The van der Waals surface area contributed by atoms with Gasteiger partial charge in [-0.25, -0.2) is 0 Å². The van der Waals surface area contributed by atoms with E-state index in [9.17, 15) is 5.11 Å². The van der Waals surface area contributed by atoms with Crippen LogP contribution in [0.5, 0.6) is 0 Å². The molecule has 0 amide bonds. The minimum Gasteiger partial charge on any atom is -0.387 e. The second-order valence-electron chi connectivity index (χ2n) is 3.67. The van der Waals surface area contributed by atoms with Crippen molar-refractivity contribution in [3.63, 3.8) is 0 Å². The SMILES string of the molecule is NCCC(O)c1cc(-c2ccccc2)n[nH]1. The third-order valence-electron chi connectivity index (χ3n) is 2.47. The van der Waals surface area contributed by atoms with E-state index >= 15 is 0 Å². The maximum Gasteiger partial charge on any atom is 0.0966 e. The largest absolute Gasteiger partial charge is 0.387 e. The average Bonchev–Trinajstić information content (AvgIpc) is 2.80. The molecule has 0 radical (unpaired) electrons. The van der Waals surface area contributed by atoms with Crippen LogP contribution in [0, 0.1) is 0 Å². The van der Waals surface area contributed by atoms with Crippen LogP contribution in [0.2, 0.25) is 0 Å². The third-order valence-corrected chi connectivity index (χ3v) is 2.47. The van der Waals surface area contributed by atoms with E-state index in [4.69, 9.17) is 5.73 Å². The second-order valence-corrected chi connectivity index (χ2v) is 3.67. The van der Waals surface area contributed by atoms with E-state index in [1.54, 1.807) is 0 Å². The number of aromatic amines is 1. The Morgan fingerprint density at radius 2 is 2.06 bits per heavy atom. The number of hydrogen-bond donors (Lipinski definition) is 3. The van der Waals surface area contributed by atoms with E-state index < -0.39 is 6.10 Å². The first-order valence-electron chi connectivity index (χ1n) is 5.30. The summed E-state index contributed by atoms with van der Waals surface area (Å²) in [7, 11) is 0. The molecule has 84 valence electrons. The van der Waals surface area contributed by atoms with Crippen molar-refractivity contribution in [2.45, 2.75) is 12.5 Å². The number of nitrogens with one attached hydrogen (secondary N) is 1. The Hall–Kier alpha value is -1.65. The molecule has 0 spiro atoms. The number of nitrogens with two attached hydrogens (primary N) is 1. The van der Waals surface area contributed by atoms with Crippen molar-refractivity contribution in [3.8, 4) is 11.3 Å². The van der Waals surface area contributed by atoms with Gasteiger partial charge in [0.15, 0.2) is 0 Å². The summed E-state index contributed by atoms with van der Waals surface area (Å²) < 4.78 is 0.